The molecule has 0 bridgehead atoms. The molecule has 0 radical (unpaired) electrons. The Kier molecular flexibility index (Phi) is 5.74. The number of carbonyl (C=O) groups excluding carboxylic acids is 2. The molecule has 1 aromatic carbocycles. The summed E-state index contributed by atoms with van der Waals surface area (Å²) in [5.41, 5.74) is 7.69. The van der Waals surface area contributed by atoms with Gasteiger partial charge in [0.15, 0.2) is 0 Å². The first-order valence-electron chi connectivity index (χ1n) is 10.3. The van der Waals surface area contributed by atoms with Crippen LogP contribution in [0.15, 0.2) is 30.3 Å². The molecule has 1 aromatic rings. The third kappa shape index (κ3) is 4.17. The number of piperidine rings is 1. The van der Waals surface area contributed by atoms with Gasteiger partial charge in [-0.3, -0.25) is 15.0 Å². The average molecular weight is 370 g/mol. The van der Waals surface area contributed by atoms with Gasteiger partial charge >= 0.3 is 0 Å². The molecule has 4 rings (SSSR count). The molecule has 1 aliphatic carbocycles. The van der Waals surface area contributed by atoms with Crippen LogP contribution in [0.25, 0.3) is 0 Å². The highest BCUT2D eigenvalue weighted by Crippen LogP contribution is 2.31. The van der Waals surface area contributed by atoms with Gasteiger partial charge in [0.2, 0.25) is 11.8 Å². The number of hydrazine groups is 1. The highest BCUT2D eigenvalue weighted by atomic mass is 16.2. The fraction of sp³-hybridized carbons (Fsp3) is 0.619. The second-order valence-corrected chi connectivity index (χ2v) is 8.12. The third-order valence-electron chi connectivity index (χ3n) is 6.42. The SMILES string of the molecule is O=C(NCc1ccccc1)C1CCN(C(=O)C2NNC3CCCCC32)CC1. The maximum absolute atomic E-state index is 13.0. The van der Waals surface area contributed by atoms with Crippen molar-refractivity contribution in [2.75, 3.05) is 13.1 Å². The second-order valence-electron chi connectivity index (χ2n) is 8.12. The summed E-state index contributed by atoms with van der Waals surface area (Å²) >= 11 is 0. The predicted octanol–water partition coefficient (Wildman–Crippen LogP) is 1.58. The highest BCUT2D eigenvalue weighted by molar-refractivity contribution is 5.83. The van der Waals surface area contributed by atoms with Gasteiger partial charge in [0.25, 0.3) is 0 Å². The Balaban J connectivity index is 1.25. The Labute approximate surface area is 161 Å². The minimum Gasteiger partial charge on any atom is -0.352 e. The number of amides is 2. The number of nitrogens with one attached hydrogen (secondary N) is 3. The van der Waals surface area contributed by atoms with E-state index in [0.717, 1.165) is 31.2 Å². The molecule has 2 saturated heterocycles. The number of rotatable bonds is 4. The van der Waals surface area contributed by atoms with Crippen LogP contribution < -0.4 is 16.2 Å². The van der Waals surface area contributed by atoms with Gasteiger partial charge in [0, 0.05) is 37.5 Å². The van der Waals surface area contributed by atoms with E-state index in [1.807, 2.05) is 35.2 Å². The maximum atomic E-state index is 13.0. The number of benzene rings is 1. The molecule has 2 aliphatic heterocycles. The molecule has 0 spiro atoms. The van der Waals surface area contributed by atoms with Gasteiger partial charge < -0.3 is 10.2 Å². The molecule has 27 heavy (non-hydrogen) atoms. The predicted molar refractivity (Wildman–Crippen MR) is 103 cm³/mol. The van der Waals surface area contributed by atoms with E-state index < -0.39 is 0 Å². The zero-order valence-electron chi connectivity index (χ0n) is 15.8. The summed E-state index contributed by atoms with van der Waals surface area (Å²) < 4.78 is 0. The van der Waals surface area contributed by atoms with Crippen molar-refractivity contribution in [3.63, 3.8) is 0 Å². The first-order valence-corrected chi connectivity index (χ1v) is 10.3. The Morgan fingerprint density at radius 3 is 2.52 bits per heavy atom. The van der Waals surface area contributed by atoms with Gasteiger partial charge in [-0.25, -0.2) is 5.43 Å². The molecule has 3 N–H and O–H groups in total. The summed E-state index contributed by atoms with van der Waals surface area (Å²) in [5, 5.41) is 3.04. The highest BCUT2D eigenvalue weighted by Gasteiger charge is 2.43. The largest absolute Gasteiger partial charge is 0.352 e. The van der Waals surface area contributed by atoms with E-state index in [4.69, 9.17) is 0 Å². The van der Waals surface area contributed by atoms with Crippen molar-refractivity contribution >= 4 is 11.8 Å². The first-order chi connectivity index (χ1) is 13.2. The molecule has 3 atom stereocenters. The Morgan fingerprint density at radius 2 is 1.74 bits per heavy atom. The van der Waals surface area contributed by atoms with E-state index in [-0.39, 0.29) is 23.8 Å². The normalized spacial score (nSPS) is 28.6. The minimum atomic E-state index is -0.0984. The van der Waals surface area contributed by atoms with Crippen molar-refractivity contribution in [1.29, 1.82) is 0 Å². The molecular weight excluding hydrogens is 340 g/mol. The molecule has 1 saturated carbocycles. The number of hydrogen-bond donors (Lipinski definition) is 3. The summed E-state index contributed by atoms with van der Waals surface area (Å²) in [7, 11) is 0. The Morgan fingerprint density at radius 1 is 1.00 bits per heavy atom. The van der Waals surface area contributed by atoms with Gasteiger partial charge in [-0.1, -0.05) is 43.2 Å². The first kappa shape index (κ1) is 18.4. The monoisotopic (exact) mass is 370 g/mol. The van der Waals surface area contributed by atoms with Gasteiger partial charge in [-0.05, 0) is 31.2 Å². The number of fused-ring (bicyclic) bond motifs is 1. The standard InChI is InChI=1S/C21H30N4O2/c26-20(22-14-15-6-2-1-3-7-15)16-10-12-25(13-11-16)21(27)19-17-8-4-5-9-18(17)23-24-19/h1-3,6-7,16-19,23-24H,4-5,8-14H2,(H,22,26). The van der Waals surface area contributed by atoms with Crippen molar-refractivity contribution in [3.8, 4) is 0 Å². The van der Waals surface area contributed by atoms with Crippen molar-refractivity contribution in [1.82, 2.24) is 21.1 Å². The Hall–Kier alpha value is -1.92. The topological polar surface area (TPSA) is 73.5 Å². The number of hydrogen-bond acceptors (Lipinski definition) is 4. The van der Waals surface area contributed by atoms with Crippen LogP contribution in [0.5, 0.6) is 0 Å². The van der Waals surface area contributed by atoms with Crippen LogP contribution in [-0.4, -0.2) is 41.9 Å². The van der Waals surface area contributed by atoms with Crippen molar-refractivity contribution in [2.24, 2.45) is 11.8 Å². The molecule has 0 aromatic heterocycles. The van der Waals surface area contributed by atoms with Crippen LogP contribution in [-0.2, 0) is 16.1 Å². The minimum absolute atomic E-state index is 0.00912. The van der Waals surface area contributed by atoms with Gasteiger partial charge in [0.05, 0.1) is 0 Å². The van der Waals surface area contributed by atoms with Crippen molar-refractivity contribution in [2.45, 2.75) is 57.2 Å². The lowest BCUT2D eigenvalue weighted by Crippen LogP contribution is -2.51. The van der Waals surface area contributed by atoms with Crippen LogP contribution in [0, 0.1) is 11.8 Å². The molecule has 6 heteroatoms. The van der Waals surface area contributed by atoms with Crippen LogP contribution in [0.1, 0.15) is 44.1 Å². The summed E-state index contributed by atoms with van der Waals surface area (Å²) in [6, 6.07) is 10.3. The van der Waals surface area contributed by atoms with Gasteiger partial charge in [-0.2, -0.15) is 0 Å². The summed E-state index contributed by atoms with van der Waals surface area (Å²) in [4.78, 5) is 27.4. The van der Waals surface area contributed by atoms with Crippen molar-refractivity contribution in [3.05, 3.63) is 35.9 Å². The van der Waals surface area contributed by atoms with E-state index in [9.17, 15) is 9.59 Å². The maximum Gasteiger partial charge on any atom is 0.241 e. The molecule has 2 heterocycles. The van der Waals surface area contributed by atoms with Crippen molar-refractivity contribution < 1.29 is 9.59 Å². The van der Waals surface area contributed by atoms with Crippen LogP contribution in [0.4, 0.5) is 0 Å². The molecular formula is C21H30N4O2. The number of carbonyl (C=O) groups is 2. The lowest BCUT2D eigenvalue weighted by atomic mass is 9.81. The molecule has 146 valence electrons. The quantitative estimate of drug-likeness (QED) is 0.752. The molecule has 6 nitrogen and oxygen atoms in total. The summed E-state index contributed by atoms with van der Waals surface area (Å²) in [5.74, 6) is 0.743. The fourth-order valence-electron chi connectivity index (χ4n) is 4.77. The van der Waals surface area contributed by atoms with E-state index >= 15 is 0 Å². The van der Waals surface area contributed by atoms with Gasteiger partial charge in [-0.15, -0.1) is 0 Å². The zero-order valence-corrected chi connectivity index (χ0v) is 15.8. The fourth-order valence-corrected chi connectivity index (χ4v) is 4.77. The second kappa shape index (κ2) is 8.40. The van der Waals surface area contributed by atoms with Crippen LogP contribution >= 0.6 is 0 Å². The van der Waals surface area contributed by atoms with Gasteiger partial charge in [0.1, 0.15) is 6.04 Å². The number of likely N-dealkylation sites (tertiary alicyclic amines) is 1. The average Bonchev–Trinajstić information content (AvgIpc) is 3.16. The summed E-state index contributed by atoms with van der Waals surface area (Å²) in [6.07, 6.45) is 6.25. The third-order valence-corrected chi connectivity index (χ3v) is 6.42. The molecule has 3 unspecified atom stereocenters. The summed E-state index contributed by atoms with van der Waals surface area (Å²) in [6.45, 7) is 1.93. The van der Waals surface area contributed by atoms with Crippen LogP contribution in [0.3, 0.4) is 0 Å². The zero-order chi connectivity index (χ0) is 18.6. The lowest BCUT2D eigenvalue weighted by molar-refractivity contribution is -0.138. The van der Waals surface area contributed by atoms with E-state index in [2.05, 4.69) is 16.2 Å². The van der Waals surface area contributed by atoms with E-state index in [0.29, 0.717) is 31.6 Å². The Bertz CT molecular complexity index is 657. The smallest absolute Gasteiger partial charge is 0.241 e. The van der Waals surface area contributed by atoms with E-state index in [1.54, 1.807) is 0 Å². The molecule has 3 fully saturated rings. The molecule has 3 aliphatic rings. The molecule has 2 amide bonds. The number of nitrogens with zero attached hydrogens (tertiary/aromatic N) is 1. The lowest BCUT2D eigenvalue weighted by Gasteiger charge is -2.35. The van der Waals surface area contributed by atoms with Crippen LogP contribution in [0.2, 0.25) is 0 Å². The van der Waals surface area contributed by atoms with E-state index in [1.165, 1.54) is 12.8 Å².